The van der Waals surface area contributed by atoms with Gasteiger partial charge in [0.2, 0.25) is 0 Å². The second-order valence-electron chi connectivity index (χ2n) is 5.65. The lowest BCUT2D eigenvalue weighted by Gasteiger charge is -2.28. The maximum atomic E-state index is 11.9. The van der Waals surface area contributed by atoms with E-state index in [1.54, 1.807) is 45.0 Å². The third-order valence-electron chi connectivity index (χ3n) is 2.71. The molecule has 1 rings (SSSR count). The number of rotatable bonds is 5. The standard InChI is InChI=1S/C15H23NO5/c1-15(2,3)21-14(19)16-11(12(17)13(18)20-4)10-8-6-5-7-9-10/h5-9,11-13,17-18H,1-4H3,(H,16,19)/t11-,12+,13?/m0/s1. The van der Waals surface area contributed by atoms with Crippen LogP contribution in [-0.4, -0.2) is 41.4 Å². The molecule has 1 aromatic carbocycles. The number of carbonyl (C=O) groups is 1. The molecule has 1 amide bonds. The molecule has 0 heterocycles. The van der Waals surface area contributed by atoms with Crippen molar-refractivity contribution in [2.24, 2.45) is 0 Å². The molecule has 6 heteroatoms. The van der Waals surface area contributed by atoms with Gasteiger partial charge in [-0.05, 0) is 26.3 Å². The van der Waals surface area contributed by atoms with Crippen LogP contribution in [0.3, 0.4) is 0 Å². The molecule has 6 nitrogen and oxygen atoms in total. The number of amides is 1. The van der Waals surface area contributed by atoms with E-state index in [1.165, 1.54) is 7.11 Å². The van der Waals surface area contributed by atoms with Gasteiger partial charge < -0.3 is 25.0 Å². The SMILES string of the molecule is COC(O)[C@H](O)[C@@H](NC(=O)OC(C)(C)C)c1ccccc1. The van der Waals surface area contributed by atoms with Crippen molar-refractivity contribution in [2.45, 2.75) is 44.8 Å². The number of aliphatic hydroxyl groups excluding tert-OH is 2. The van der Waals surface area contributed by atoms with Crippen molar-refractivity contribution in [3.8, 4) is 0 Å². The highest BCUT2D eigenvalue weighted by atomic mass is 16.6. The van der Waals surface area contributed by atoms with Gasteiger partial charge >= 0.3 is 6.09 Å². The second-order valence-corrected chi connectivity index (χ2v) is 5.65. The van der Waals surface area contributed by atoms with Gasteiger partial charge in [0.25, 0.3) is 0 Å². The van der Waals surface area contributed by atoms with E-state index in [4.69, 9.17) is 9.47 Å². The molecule has 0 fully saturated rings. The molecule has 0 saturated heterocycles. The highest BCUT2D eigenvalue weighted by Crippen LogP contribution is 2.20. The van der Waals surface area contributed by atoms with E-state index in [-0.39, 0.29) is 0 Å². The van der Waals surface area contributed by atoms with Gasteiger partial charge in [0.15, 0.2) is 6.29 Å². The third kappa shape index (κ3) is 5.71. The summed E-state index contributed by atoms with van der Waals surface area (Å²) in [7, 11) is 1.27. The summed E-state index contributed by atoms with van der Waals surface area (Å²) in [5, 5.41) is 22.3. The topological polar surface area (TPSA) is 88.0 Å². The van der Waals surface area contributed by atoms with Gasteiger partial charge in [-0.15, -0.1) is 0 Å². The monoisotopic (exact) mass is 297 g/mol. The van der Waals surface area contributed by atoms with E-state index in [0.717, 1.165) is 0 Å². The molecular formula is C15H23NO5. The fourth-order valence-electron chi connectivity index (χ4n) is 1.76. The Morgan fingerprint density at radius 3 is 2.24 bits per heavy atom. The number of methoxy groups -OCH3 is 1. The van der Waals surface area contributed by atoms with Crippen LogP contribution in [-0.2, 0) is 9.47 Å². The zero-order chi connectivity index (χ0) is 16.0. The maximum Gasteiger partial charge on any atom is 0.408 e. The molecule has 1 unspecified atom stereocenters. The summed E-state index contributed by atoms with van der Waals surface area (Å²) < 4.78 is 9.88. The molecule has 0 saturated carbocycles. The van der Waals surface area contributed by atoms with Crippen molar-refractivity contribution in [3.63, 3.8) is 0 Å². The Morgan fingerprint density at radius 1 is 1.19 bits per heavy atom. The maximum absolute atomic E-state index is 11.9. The number of hydrogen-bond donors (Lipinski definition) is 3. The molecule has 3 atom stereocenters. The molecular weight excluding hydrogens is 274 g/mol. The zero-order valence-corrected chi connectivity index (χ0v) is 12.7. The number of benzene rings is 1. The van der Waals surface area contributed by atoms with E-state index in [1.807, 2.05) is 6.07 Å². The van der Waals surface area contributed by atoms with Crippen LogP contribution in [0, 0.1) is 0 Å². The Bertz CT molecular complexity index is 443. The Kier molecular flexibility index (Phi) is 6.14. The van der Waals surface area contributed by atoms with Gasteiger partial charge in [-0.2, -0.15) is 0 Å². The first-order valence-corrected chi connectivity index (χ1v) is 6.68. The van der Waals surface area contributed by atoms with E-state index < -0.39 is 30.1 Å². The summed E-state index contributed by atoms with van der Waals surface area (Å²) in [6.07, 6.45) is -3.44. The van der Waals surface area contributed by atoms with Gasteiger partial charge in [-0.25, -0.2) is 4.79 Å². The minimum Gasteiger partial charge on any atom is -0.444 e. The number of nitrogens with one attached hydrogen (secondary N) is 1. The van der Waals surface area contributed by atoms with Crippen molar-refractivity contribution in [2.75, 3.05) is 7.11 Å². The van der Waals surface area contributed by atoms with Crippen LogP contribution in [0.5, 0.6) is 0 Å². The summed E-state index contributed by atoms with van der Waals surface area (Å²) in [6.45, 7) is 5.22. The van der Waals surface area contributed by atoms with E-state index in [2.05, 4.69) is 5.32 Å². The Morgan fingerprint density at radius 2 is 1.76 bits per heavy atom. The number of ether oxygens (including phenoxy) is 2. The molecule has 118 valence electrons. The molecule has 0 spiro atoms. The van der Waals surface area contributed by atoms with Crippen molar-refractivity contribution < 1.29 is 24.5 Å². The Balaban J connectivity index is 2.90. The first-order chi connectivity index (χ1) is 9.74. The van der Waals surface area contributed by atoms with Crippen molar-refractivity contribution in [1.29, 1.82) is 0 Å². The lowest BCUT2D eigenvalue weighted by Crippen LogP contribution is -2.44. The highest BCUT2D eigenvalue weighted by Gasteiger charge is 2.30. The second kappa shape index (κ2) is 7.40. The molecule has 0 aliphatic rings. The van der Waals surface area contributed by atoms with Crippen LogP contribution in [0.1, 0.15) is 32.4 Å². The molecule has 0 radical (unpaired) electrons. The van der Waals surface area contributed by atoms with Crippen LogP contribution in [0.15, 0.2) is 30.3 Å². The number of aliphatic hydroxyl groups is 2. The first kappa shape index (κ1) is 17.4. The fourth-order valence-corrected chi connectivity index (χ4v) is 1.76. The predicted molar refractivity (Wildman–Crippen MR) is 77.6 cm³/mol. The van der Waals surface area contributed by atoms with Gasteiger partial charge in [0.05, 0.1) is 6.04 Å². The molecule has 0 aliphatic heterocycles. The quantitative estimate of drug-likeness (QED) is 0.718. The lowest BCUT2D eigenvalue weighted by molar-refractivity contribution is -0.153. The molecule has 0 aromatic heterocycles. The third-order valence-corrected chi connectivity index (χ3v) is 2.71. The van der Waals surface area contributed by atoms with Gasteiger partial charge in [-0.3, -0.25) is 0 Å². The first-order valence-electron chi connectivity index (χ1n) is 6.68. The van der Waals surface area contributed by atoms with E-state index in [9.17, 15) is 15.0 Å². The Hall–Kier alpha value is -1.63. The average molecular weight is 297 g/mol. The summed E-state index contributed by atoms with van der Waals surface area (Å²) in [5.41, 5.74) is -0.0252. The van der Waals surface area contributed by atoms with Gasteiger partial charge in [0, 0.05) is 7.11 Å². The molecule has 0 aliphatic carbocycles. The summed E-state index contributed by atoms with van der Waals surface area (Å²) in [4.78, 5) is 11.9. The predicted octanol–water partition coefficient (Wildman–Crippen LogP) is 1.58. The van der Waals surface area contributed by atoms with Gasteiger partial charge in [0.1, 0.15) is 11.7 Å². The van der Waals surface area contributed by atoms with E-state index >= 15 is 0 Å². The summed E-state index contributed by atoms with van der Waals surface area (Å²) in [5.74, 6) is 0. The van der Waals surface area contributed by atoms with Crippen molar-refractivity contribution in [3.05, 3.63) is 35.9 Å². The molecule has 0 bridgehead atoms. The number of alkyl carbamates (subject to hydrolysis) is 1. The normalized spacial score (nSPS) is 15.9. The fraction of sp³-hybridized carbons (Fsp3) is 0.533. The van der Waals surface area contributed by atoms with Crippen molar-refractivity contribution >= 4 is 6.09 Å². The van der Waals surface area contributed by atoms with Crippen LogP contribution >= 0.6 is 0 Å². The zero-order valence-electron chi connectivity index (χ0n) is 12.7. The van der Waals surface area contributed by atoms with Gasteiger partial charge in [-0.1, -0.05) is 30.3 Å². The van der Waals surface area contributed by atoms with Crippen LogP contribution in [0.2, 0.25) is 0 Å². The minimum atomic E-state index is -1.43. The van der Waals surface area contributed by atoms with Crippen LogP contribution in [0.4, 0.5) is 4.79 Å². The number of carbonyl (C=O) groups excluding carboxylic acids is 1. The van der Waals surface area contributed by atoms with Crippen LogP contribution < -0.4 is 5.32 Å². The minimum absolute atomic E-state index is 0.631. The van der Waals surface area contributed by atoms with Crippen LogP contribution in [0.25, 0.3) is 0 Å². The number of hydrogen-bond acceptors (Lipinski definition) is 5. The van der Waals surface area contributed by atoms with Crippen molar-refractivity contribution in [1.82, 2.24) is 5.32 Å². The Labute approximate surface area is 124 Å². The highest BCUT2D eigenvalue weighted by molar-refractivity contribution is 5.68. The molecule has 21 heavy (non-hydrogen) atoms. The average Bonchev–Trinajstić information content (AvgIpc) is 2.42. The van der Waals surface area contributed by atoms with E-state index in [0.29, 0.717) is 5.56 Å². The largest absolute Gasteiger partial charge is 0.444 e. The smallest absolute Gasteiger partial charge is 0.408 e. The summed E-state index contributed by atoms with van der Waals surface area (Å²) >= 11 is 0. The summed E-state index contributed by atoms with van der Waals surface area (Å²) in [6, 6.07) is 7.96. The molecule has 1 aromatic rings. The molecule has 3 N–H and O–H groups in total. The lowest BCUT2D eigenvalue weighted by atomic mass is 10.0.